The van der Waals surface area contributed by atoms with E-state index in [9.17, 15) is 14.7 Å². The van der Waals surface area contributed by atoms with Gasteiger partial charge in [0.15, 0.2) is 0 Å². The fraction of sp³-hybridized carbons (Fsp3) is 0.733. The SMILES string of the molecule is CC(CNC(=O)C1CC=CCC1C(=O)O)N(C)C1CC1. The van der Waals surface area contributed by atoms with Crippen LogP contribution in [0.25, 0.3) is 0 Å². The lowest BCUT2D eigenvalue weighted by molar-refractivity contribution is -0.147. The maximum absolute atomic E-state index is 12.2. The molecule has 0 radical (unpaired) electrons. The molecule has 1 amide bonds. The van der Waals surface area contributed by atoms with Gasteiger partial charge in [-0.05, 0) is 39.7 Å². The number of nitrogens with one attached hydrogen (secondary N) is 1. The Kier molecular flexibility index (Phi) is 4.81. The summed E-state index contributed by atoms with van der Waals surface area (Å²) in [5.41, 5.74) is 0. The van der Waals surface area contributed by atoms with Gasteiger partial charge in [0.1, 0.15) is 0 Å². The van der Waals surface area contributed by atoms with E-state index in [0.717, 1.165) is 0 Å². The van der Waals surface area contributed by atoms with E-state index in [1.165, 1.54) is 12.8 Å². The summed E-state index contributed by atoms with van der Waals surface area (Å²) in [4.78, 5) is 25.7. The summed E-state index contributed by atoms with van der Waals surface area (Å²) in [5, 5.41) is 12.1. The molecule has 0 aromatic carbocycles. The molecule has 2 N–H and O–H groups in total. The van der Waals surface area contributed by atoms with Gasteiger partial charge in [-0.3, -0.25) is 14.5 Å². The summed E-state index contributed by atoms with van der Waals surface area (Å²) in [6.07, 6.45) is 7.21. The van der Waals surface area contributed by atoms with E-state index in [1.54, 1.807) is 0 Å². The molecule has 2 aliphatic carbocycles. The lowest BCUT2D eigenvalue weighted by Crippen LogP contribution is -2.45. The third-order valence-corrected chi connectivity index (χ3v) is 4.48. The van der Waals surface area contributed by atoms with E-state index < -0.39 is 17.8 Å². The lowest BCUT2D eigenvalue weighted by Gasteiger charge is -2.28. The molecule has 20 heavy (non-hydrogen) atoms. The van der Waals surface area contributed by atoms with Crippen molar-refractivity contribution in [2.45, 2.75) is 44.7 Å². The first-order valence-electron chi connectivity index (χ1n) is 7.38. The highest BCUT2D eigenvalue weighted by atomic mass is 16.4. The van der Waals surface area contributed by atoms with Crippen LogP contribution in [0.3, 0.4) is 0 Å². The Balaban J connectivity index is 1.83. The number of hydrogen-bond donors (Lipinski definition) is 2. The van der Waals surface area contributed by atoms with Gasteiger partial charge in [-0.2, -0.15) is 0 Å². The molecule has 0 aromatic rings. The molecule has 5 heteroatoms. The molecule has 2 aliphatic rings. The lowest BCUT2D eigenvalue weighted by atomic mass is 9.82. The maximum atomic E-state index is 12.2. The van der Waals surface area contributed by atoms with Crippen molar-refractivity contribution in [2.75, 3.05) is 13.6 Å². The van der Waals surface area contributed by atoms with Gasteiger partial charge in [0, 0.05) is 18.6 Å². The van der Waals surface area contributed by atoms with Crippen molar-refractivity contribution >= 4 is 11.9 Å². The molecule has 0 heterocycles. The fourth-order valence-corrected chi connectivity index (χ4v) is 2.74. The maximum Gasteiger partial charge on any atom is 0.307 e. The third-order valence-electron chi connectivity index (χ3n) is 4.48. The minimum Gasteiger partial charge on any atom is -0.481 e. The van der Waals surface area contributed by atoms with Gasteiger partial charge in [0.05, 0.1) is 11.8 Å². The highest BCUT2D eigenvalue weighted by Gasteiger charge is 2.34. The number of carbonyl (C=O) groups excluding carboxylic acids is 1. The normalized spacial score (nSPS) is 27.4. The molecular formula is C15H24N2O3. The summed E-state index contributed by atoms with van der Waals surface area (Å²) in [5.74, 6) is -2.03. The zero-order valence-corrected chi connectivity index (χ0v) is 12.2. The van der Waals surface area contributed by atoms with E-state index in [4.69, 9.17) is 0 Å². The quantitative estimate of drug-likeness (QED) is 0.719. The molecule has 2 rings (SSSR count). The Morgan fingerprint density at radius 3 is 2.45 bits per heavy atom. The highest BCUT2D eigenvalue weighted by Crippen LogP contribution is 2.27. The van der Waals surface area contributed by atoms with Gasteiger partial charge in [-0.15, -0.1) is 0 Å². The van der Waals surface area contributed by atoms with Crippen LogP contribution in [-0.2, 0) is 9.59 Å². The summed E-state index contributed by atoms with van der Waals surface area (Å²) in [6, 6.07) is 0.945. The molecule has 3 unspecified atom stereocenters. The van der Waals surface area contributed by atoms with Crippen LogP contribution in [0.4, 0.5) is 0 Å². The first-order chi connectivity index (χ1) is 9.50. The van der Waals surface area contributed by atoms with E-state index in [2.05, 4.69) is 24.2 Å². The standard InChI is InChI=1S/C15H24N2O3/c1-10(17(2)11-7-8-11)9-16-14(18)12-5-3-4-6-13(12)15(19)20/h3-4,10-13H,5-9H2,1-2H3,(H,16,18)(H,19,20). The van der Waals surface area contributed by atoms with Gasteiger partial charge in [0.2, 0.25) is 5.91 Å². The average Bonchev–Trinajstić information content (AvgIpc) is 3.28. The van der Waals surface area contributed by atoms with Crippen molar-refractivity contribution in [1.82, 2.24) is 10.2 Å². The van der Waals surface area contributed by atoms with Crippen molar-refractivity contribution < 1.29 is 14.7 Å². The summed E-state index contributed by atoms with van der Waals surface area (Å²) >= 11 is 0. The van der Waals surface area contributed by atoms with Crippen LogP contribution in [0.1, 0.15) is 32.6 Å². The number of aliphatic carboxylic acids is 1. The smallest absolute Gasteiger partial charge is 0.307 e. The van der Waals surface area contributed by atoms with Gasteiger partial charge in [-0.1, -0.05) is 12.2 Å². The number of nitrogens with zero attached hydrogens (tertiary/aromatic N) is 1. The van der Waals surface area contributed by atoms with Gasteiger partial charge in [0.25, 0.3) is 0 Å². The van der Waals surface area contributed by atoms with Crippen LogP contribution in [0.2, 0.25) is 0 Å². The predicted molar refractivity (Wildman–Crippen MR) is 76.2 cm³/mol. The Morgan fingerprint density at radius 1 is 1.30 bits per heavy atom. The largest absolute Gasteiger partial charge is 0.481 e. The van der Waals surface area contributed by atoms with E-state index in [1.807, 2.05) is 12.2 Å². The molecule has 1 saturated carbocycles. The van der Waals surface area contributed by atoms with Crippen molar-refractivity contribution in [1.29, 1.82) is 0 Å². The molecule has 1 fully saturated rings. The predicted octanol–water partition coefficient (Wildman–Crippen LogP) is 1.25. The number of amides is 1. The Morgan fingerprint density at radius 2 is 1.90 bits per heavy atom. The van der Waals surface area contributed by atoms with Gasteiger partial charge in [-0.25, -0.2) is 0 Å². The first kappa shape index (κ1) is 15.0. The summed E-state index contributed by atoms with van der Waals surface area (Å²) < 4.78 is 0. The van der Waals surface area contributed by atoms with Gasteiger partial charge < -0.3 is 10.4 Å². The third kappa shape index (κ3) is 3.60. The molecule has 0 saturated heterocycles. The molecule has 112 valence electrons. The summed E-state index contributed by atoms with van der Waals surface area (Å²) in [7, 11) is 2.08. The first-order valence-corrected chi connectivity index (χ1v) is 7.38. The minimum absolute atomic E-state index is 0.127. The topological polar surface area (TPSA) is 69.6 Å². The second-order valence-electron chi connectivity index (χ2n) is 5.98. The average molecular weight is 280 g/mol. The van der Waals surface area contributed by atoms with E-state index in [-0.39, 0.29) is 11.9 Å². The van der Waals surface area contributed by atoms with Crippen LogP contribution >= 0.6 is 0 Å². The number of carboxylic acids is 1. The van der Waals surface area contributed by atoms with Crippen LogP contribution < -0.4 is 5.32 Å². The van der Waals surface area contributed by atoms with Crippen LogP contribution in [0, 0.1) is 11.8 Å². The fourth-order valence-electron chi connectivity index (χ4n) is 2.74. The zero-order chi connectivity index (χ0) is 14.7. The minimum atomic E-state index is -0.877. The van der Waals surface area contributed by atoms with E-state index >= 15 is 0 Å². The monoisotopic (exact) mass is 280 g/mol. The number of carboxylic acid groups (broad SMARTS) is 1. The number of likely N-dealkylation sites (N-methyl/N-ethyl adjacent to an activating group) is 1. The van der Waals surface area contributed by atoms with Crippen molar-refractivity contribution in [3.05, 3.63) is 12.2 Å². The molecule has 3 atom stereocenters. The second kappa shape index (κ2) is 6.39. The molecule has 0 spiro atoms. The van der Waals surface area contributed by atoms with Crippen LogP contribution in [0.15, 0.2) is 12.2 Å². The second-order valence-corrected chi connectivity index (χ2v) is 5.98. The summed E-state index contributed by atoms with van der Waals surface area (Å²) in [6.45, 7) is 2.67. The number of hydrogen-bond acceptors (Lipinski definition) is 3. The molecule has 0 aliphatic heterocycles. The molecule has 0 aromatic heterocycles. The molecular weight excluding hydrogens is 256 g/mol. The highest BCUT2D eigenvalue weighted by molar-refractivity contribution is 5.85. The van der Waals surface area contributed by atoms with Gasteiger partial charge >= 0.3 is 5.97 Å². The Hall–Kier alpha value is -1.36. The number of carbonyl (C=O) groups is 2. The Bertz CT molecular complexity index is 404. The molecule has 0 bridgehead atoms. The van der Waals surface area contributed by atoms with Crippen molar-refractivity contribution in [3.63, 3.8) is 0 Å². The Labute approximate surface area is 120 Å². The zero-order valence-electron chi connectivity index (χ0n) is 12.2. The van der Waals surface area contributed by atoms with E-state index in [0.29, 0.717) is 25.4 Å². The van der Waals surface area contributed by atoms with Crippen molar-refractivity contribution in [3.8, 4) is 0 Å². The number of allylic oxidation sites excluding steroid dienone is 2. The molecule has 5 nitrogen and oxygen atoms in total. The number of rotatable bonds is 6. The van der Waals surface area contributed by atoms with Crippen molar-refractivity contribution in [2.24, 2.45) is 11.8 Å². The van der Waals surface area contributed by atoms with Crippen LogP contribution in [-0.4, -0.2) is 47.6 Å². The van der Waals surface area contributed by atoms with Crippen LogP contribution in [0.5, 0.6) is 0 Å².